The number of hydrogen-bond acceptors (Lipinski definition) is 1. The van der Waals surface area contributed by atoms with E-state index in [1.165, 1.54) is 24.0 Å². The van der Waals surface area contributed by atoms with Crippen LogP contribution in [0.3, 0.4) is 0 Å². The van der Waals surface area contributed by atoms with Crippen LogP contribution >= 0.6 is 11.6 Å². The highest BCUT2D eigenvalue weighted by Crippen LogP contribution is 2.42. The standard InChI is InChI=1S/C13H18ClN/c1-9-5-6-10(7-8-15)11-3-2-4-12(14)13(9)11/h2-4,9-10H,5-8,15H2,1H3. The van der Waals surface area contributed by atoms with E-state index in [1.807, 2.05) is 6.07 Å². The molecular weight excluding hydrogens is 206 g/mol. The van der Waals surface area contributed by atoms with Gasteiger partial charge in [0.2, 0.25) is 0 Å². The molecule has 1 nitrogen and oxygen atoms in total. The van der Waals surface area contributed by atoms with Crippen molar-refractivity contribution in [1.82, 2.24) is 0 Å². The highest BCUT2D eigenvalue weighted by Gasteiger charge is 2.25. The molecule has 1 aromatic carbocycles. The average Bonchev–Trinajstić information content (AvgIpc) is 2.22. The smallest absolute Gasteiger partial charge is 0.0443 e. The molecule has 2 heteroatoms. The van der Waals surface area contributed by atoms with E-state index in [2.05, 4.69) is 19.1 Å². The molecule has 0 bridgehead atoms. The molecule has 82 valence electrons. The second kappa shape index (κ2) is 4.54. The molecule has 0 aliphatic heterocycles. The number of rotatable bonds is 2. The highest BCUT2D eigenvalue weighted by atomic mass is 35.5. The fourth-order valence-corrected chi connectivity index (χ4v) is 3.05. The number of benzene rings is 1. The van der Waals surface area contributed by atoms with E-state index >= 15 is 0 Å². The molecule has 0 spiro atoms. The second-order valence-corrected chi connectivity index (χ2v) is 4.90. The van der Waals surface area contributed by atoms with Crippen LogP contribution in [0.2, 0.25) is 5.02 Å². The molecule has 1 aliphatic rings. The molecule has 0 fully saturated rings. The van der Waals surface area contributed by atoms with Gasteiger partial charge >= 0.3 is 0 Å². The minimum absolute atomic E-state index is 0.600. The minimum atomic E-state index is 0.600. The summed E-state index contributed by atoms with van der Waals surface area (Å²) in [5, 5.41) is 0.932. The third kappa shape index (κ3) is 2.04. The van der Waals surface area contributed by atoms with Gasteiger partial charge in [0.05, 0.1) is 0 Å². The Labute approximate surface area is 96.6 Å². The Kier molecular flexibility index (Phi) is 3.32. The molecule has 0 saturated heterocycles. The van der Waals surface area contributed by atoms with Crippen molar-refractivity contribution < 1.29 is 0 Å². The molecule has 0 radical (unpaired) electrons. The molecule has 2 unspecified atom stereocenters. The Bertz CT molecular complexity index is 348. The van der Waals surface area contributed by atoms with Gasteiger partial charge in [-0.2, -0.15) is 0 Å². The molecule has 1 aromatic rings. The zero-order chi connectivity index (χ0) is 10.8. The van der Waals surface area contributed by atoms with Crippen molar-refractivity contribution in [2.75, 3.05) is 6.54 Å². The highest BCUT2D eigenvalue weighted by molar-refractivity contribution is 6.31. The molecule has 0 heterocycles. The maximum Gasteiger partial charge on any atom is 0.0443 e. The van der Waals surface area contributed by atoms with Crippen molar-refractivity contribution in [3.8, 4) is 0 Å². The third-order valence-electron chi connectivity index (χ3n) is 3.48. The van der Waals surface area contributed by atoms with E-state index in [0.29, 0.717) is 11.8 Å². The molecule has 2 atom stereocenters. The summed E-state index contributed by atoms with van der Waals surface area (Å²) >= 11 is 6.27. The third-order valence-corrected chi connectivity index (χ3v) is 3.81. The van der Waals surface area contributed by atoms with Gasteiger partial charge in [-0.15, -0.1) is 0 Å². The molecule has 0 amide bonds. The van der Waals surface area contributed by atoms with Crippen LogP contribution in [0.5, 0.6) is 0 Å². The van der Waals surface area contributed by atoms with Crippen LogP contribution in [0, 0.1) is 0 Å². The van der Waals surface area contributed by atoms with Gasteiger partial charge in [-0.3, -0.25) is 0 Å². The van der Waals surface area contributed by atoms with Gasteiger partial charge in [0.25, 0.3) is 0 Å². The van der Waals surface area contributed by atoms with Gasteiger partial charge in [0, 0.05) is 5.02 Å². The van der Waals surface area contributed by atoms with E-state index < -0.39 is 0 Å². The number of halogens is 1. The quantitative estimate of drug-likeness (QED) is 0.814. The van der Waals surface area contributed by atoms with Crippen LogP contribution in [-0.2, 0) is 0 Å². The van der Waals surface area contributed by atoms with Gasteiger partial charge < -0.3 is 5.73 Å². The fourth-order valence-electron chi connectivity index (χ4n) is 2.68. The lowest BCUT2D eigenvalue weighted by atomic mass is 9.76. The molecule has 2 N–H and O–H groups in total. The van der Waals surface area contributed by atoms with Gasteiger partial charge in [0.15, 0.2) is 0 Å². The minimum Gasteiger partial charge on any atom is -0.330 e. The molecule has 0 saturated carbocycles. The van der Waals surface area contributed by atoms with E-state index in [-0.39, 0.29) is 0 Å². The summed E-state index contributed by atoms with van der Waals surface area (Å²) in [5.41, 5.74) is 8.46. The van der Waals surface area contributed by atoms with Gasteiger partial charge in [0.1, 0.15) is 0 Å². The van der Waals surface area contributed by atoms with Crippen molar-refractivity contribution in [1.29, 1.82) is 0 Å². The summed E-state index contributed by atoms with van der Waals surface area (Å²) in [5.74, 6) is 1.22. The first-order valence-corrected chi connectivity index (χ1v) is 6.10. The predicted octanol–water partition coefficient (Wildman–Crippen LogP) is 3.67. The van der Waals surface area contributed by atoms with Crippen molar-refractivity contribution in [3.63, 3.8) is 0 Å². The van der Waals surface area contributed by atoms with Crippen molar-refractivity contribution in [2.45, 2.75) is 38.0 Å². The summed E-state index contributed by atoms with van der Waals surface area (Å²) in [6, 6.07) is 6.28. The van der Waals surface area contributed by atoms with E-state index in [0.717, 1.165) is 18.0 Å². The Hall–Kier alpha value is -0.530. The fraction of sp³-hybridized carbons (Fsp3) is 0.538. The average molecular weight is 224 g/mol. The first kappa shape index (κ1) is 11.0. The summed E-state index contributed by atoms with van der Waals surface area (Å²) in [6.45, 7) is 3.04. The van der Waals surface area contributed by atoms with Crippen LogP contribution in [0.25, 0.3) is 0 Å². The normalized spacial score (nSPS) is 25.0. The van der Waals surface area contributed by atoms with Gasteiger partial charge in [-0.05, 0) is 54.8 Å². The van der Waals surface area contributed by atoms with Crippen LogP contribution < -0.4 is 5.73 Å². The number of nitrogens with two attached hydrogens (primary N) is 1. The van der Waals surface area contributed by atoms with Gasteiger partial charge in [-0.1, -0.05) is 30.7 Å². The monoisotopic (exact) mass is 223 g/mol. The van der Waals surface area contributed by atoms with Crippen molar-refractivity contribution >= 4 is 11.6 Å². The summed E-state index contributed by atoms with van der Waals surface area (Å²) in [4.78, 5) is 0. The molecule has 1 aliphatic carbocycles. The molecular formula is C13H18ClN. The Morgan fingerprint density at radius 3 is 2.93 bits per heavy atom. The first-order chi connectivity index (χ1) is 7.24. The van der Waals surface area contributed by atoms with Crippen molar-refractivity contribution in [2.24, 2.45) is 5.73 Å². The van der Waals surface area contributed by atoms with Gasteiger partial charge in [-0.25, -0.2) is 0 Å². The van der Waals surface area contributed by atoms with E-state index in [9.17, 15) is 0 Å². The lowest BCUT2D eigenvalue weighted by Gasteiger charge is -2.30. The molecule has 0 aromatic heterocycles. The van der Waals surface area contributed by atoms with Crippen molar-refractivity contribution in [3.05, 3.63) is 34.3 Å². The lowest BCUT2D eigenvalue weighted by molar-refractivity contribution is 0.483. The largest absolute Gasteiger partial charge is 0.330 e. The number of fused-ring (bicyclic) bond motifs is 1. The maximum atomic E-state index is 6.27. The predicted molar refractivity (Wildman–Crippen MR) is 65.5 cm³/mol. The Balaban J connectivity index is 2.41. The molecule has 2 rings (SSSR count). The van der Waals surface area contributed by atoms with Crippen LogP contribution in [-0.4, -0.2) is 6.54 Å². The number of hydrogen-bond donors (Lipinski definition) is 1. The topological polar surface area (TPSA) is 26.0 Å². The van der Waals surface area contributed by atoms with E-state index in [1.54, 1.807) is 0 Å². The van der Waals surface area contributed by atoms with Crippen LogP contribution in [0.15, 0.2) is 18.2 Å². The van der Waals surface area contributed by atoms with Crippen LogP contribution in [0.1, 0.15) is 49.1 Å². The summed E-state index contributed by atoms with van der Waals surface area (Å²) < 4.78 is 0. The first-order valence-electron chi connectivity index (χ1n) is 5.72. The maximum absolute atomic E-state index is 6.27. The molecule has 15 heavy (non-hydrogen) atoms. The SMILES string of the molecule is CC1CCC(CCN)c2cccc(Cl)c21. The Morgan fingerprint density at radius 2 is 2.20 bits per heavy atom. The zero-order valence-electron chi connectivity index (χ0n) is 9.17. The van der Waals surface area contributed by atoms with Crippen LogP contribution in [0.4, 0.5) is 0 Å². The second-order valence-electron chi connectivity index (χ2n) is 4.50. The Morgan fingerprint density at radius 1 is 1.40 bits per heavy atom. The summed E-state index contributed by atoms with van der Waals surface area (Å²) in [7, 11) is 0. The zero-order valence-corrected chi connectivity index (χ0v) is 9.93. The van der Waals surface area contributed by atoms with E-state index in [4.69, 9.17) is 17.3 Å². The summed E-state index contributed by atoms with van der Waals surface area (Å²) in [6.07, 6.45) is 3.58. The lowest BCUT2D eigenvalue weighted by Crippen LogP contribution is -2.16.